The third kappa shape index (κ3) is 2.89. The number of nitrogens with zero attached hydrogens (tertiary/aromatic N) is 5. The van der Waals surface area contributed by atoms with Crippen molar-refractivity contribution in [1.82, 2.24) is 25.0 Å². The van der Waals surface area contributed by atoms with Crippen LogP contribution in [0, 0.1) is 13.8 Å². The fourth-order valence-corrected chi connectivity index (χ4v) is 2.41. The molecule has 0 bridgehead atoms. The van der Waals surface area contributed by atoms with Gasteiger partial charge < -0.3 is 10.2 Å². The number of nitrogens with one attached hydrogen (secondary N) is 1. The minimum Gasteiger partial charge on any atom is -0.352 e. The van der Waals surface area contributed by atoms with Crippen molar-refractivity contribution >= 4 is 5.96 Å². The number of hydrogen-bond acceptors (Lipinski definition) is 5. The highest BCUT2D eigenvalue weighted by Crippen LogP contribution is 2.10. The van der Waals surface area contributed by atoms with Crippen molar-refractivity contribution in [3.05, 3.63) is 41.3 Å². The Kier molecular flexibility index (Phi) is 3.60. The van der Waals surface area contributed by atoms with Crippen LogP contribution >= 0.6 is 0 Å². The largest absolute Gasteiger partial charge is 0.352 e. The Morgan fingerprint density at radius 2 is 2.14 bits per heavy atom. The maximum atomic E-state index is 4.49. The number of likely N-dealkylation sites (N-methyl/N-ethyl adjacent to an activating group) is 1. The van der Waals surface area contributed by atoms with Crippen molar-refractivity contribution in [2.24, 2.45) is 4.99 Å². The summed E-state index contributed by atoms with van der Waals surface area (Å²) < 4.78 is 1.86. The third-order valence-corrected chi connectivity index (χ3v) is 3.54. The highest BCUT2D eigenvalue weighted by Gasteiger charge is 2.11. The second-order valence-corrected chi connectivity index (χ2v) is 5.34. The van der Waals surface area contributed by atoms with Gasteiger partial charge in [-0.1, -0.05) is 6.07 Å². The van der Waals surface area contributed by atoms with E-state index < -0.39 is 0 Å². The van der Waals surface area contributed by atoms with Crippen LogP contribution in [0.2, 0.25) is 0 Å². The maximum absolute atomic E-state index is 4.49. The lowest BCUT2D eigenvalue weighted by Gasteiger charge is -2.15. The first kappa shape index (κ1) is 13.6. The Morgan fingerprint density at radius 1 is 1.29 bits per heavy atom. The molecule has 0 aromatic carbocycles. The fourth-order valence-electron chi connectivity index (χ4n) is 2.41. The molecule has 0 atom stereocenters. The molecule has 0 unspecified atom stereocenters. The molecule has 0 radical (unpaired) electrons. The molecule has 21 heavy (non-hydrogen) atoms. The Balaban J connectivity index is 1.68. The molecular weight excluding hydrogens is 264 g/mol. The van der Waals surface area contributed by atoms with Gasteiger partial charge in [-0.3, -0.25) is 4.99 Å². The van der Waals surface area contributed by atoms with Gasteiger partial charge in [-0.05, 0) is 31.5 Å². The number of hydrogen-bond donors (Lipinski definition) is 1. The van der Waals surface area contributed by atoms with Gasteiger partial charge in [-0.25, -0.2) is 9.67 Å². The molecule has 0 amide bonds. The van der Waals surface area contributed by atoms with Gasteiger partial charge in [-0.15, -0.1) is 0 Å². The van der Waals surface area contributed by atoms with Crippen LogP contribution in [0.3, 0.4) is 0 Å². The van der Waals surface area contributed by atoms with Gasteiger partial charge in [0.1, 0.15) is 0 Å². The highest BCUT2D eigenvalue weighted by molar-refractivity contribution is 5.81. The zero-order chi connectivity index (χ0) is 14.8. The predicted molar refractivity (Wildman–Crippen MR) is 82.6 cm³/mol. The number of guanidine groups is 1. The van der Waals surface area contributed by atoms with Crippen LogP contribution in [0.5, 0.6) is 0 Å². The molecule has 6 nitrogen and oxygen atoms in total. The van der Waals surface area contributed by atoms with Crippen molar-refractivity contribution in [2.45, 2.75) is 20.4 Å². The summed E-state index contributed by atoms with van der Waals surface area (Å²) in [5, 5.41) is 7.78. The summed E-state index contributed by atoms with van der Waals surface area (Å²) >= 11 is 0. The monoisotopic (exact) mass is 284 g/mol. The summed E-state index contributed by atoms with van der Waals surface area (Å²) in [6.07, 6.45) is 1.88. The minimum atomic E-state index is 0.730. The van der Waals surface area contributed by atoms with E-state index in [0.717, 1.165) is 48.4 Å². The van der Waals surface area contributed by atoms with E-state index in [2.05, 4.69) is 31.4 Å². The summed E-state index contributed by atoms with van der Waals surface area (Å²) in [4.78, 5) is 11.0. The summed E-state index contributed by atoms with van der Waals surface area (Å²) in [6, 6.07) is 6.11. The van der Waals surface area contributed by atoms with Crippen molar-refractivity contribution in [3.63, 3.8) is 0 Å². The van der Waals surface area contributed by atoms with Crippen molar-refractivity contribution in [1.29, 1.82) is 0 Å². The summed E-state index contributed by atoms with van der Waals surface area (Å²) in [5.41, 5.74) is 3.22. The Labute approximate surface area is 124 Å². The average Bonchev–Trinajstić information content (AvgIpc) is 3.03. The van der Waals surface area contributed by atoms with E-state index in [1.165, 1.54) is 0 Å². The van der Waals surface area contributed by atoms with E-state index in [1.807, 2.05) is 43.9 Å². The predicted octanol–water partition coefficient (Wildman–Crippen LogP) is 1.28. The molecule has 3 heterocycles. The van der Waals surface area contributed by atoms with Gasteiger partial charge in [0.25, 0.3) is 0 Å². The fraction of sp³-hybridized carbons (Fsp3) is 0.400. The van der Waals surface area contributed by atoms with Crippen LogP contribution in [-0.2, 0) is 6.54 Å². The van der Waals surface area contributed by atoms with E-state index in [9.17, 15) is 0 Å². The van der Waals surface area contributed by atoms with Crippen molar-refractivity contribution in [2.75, 3.05) is 20.1 Å². The number of pyridine rings is 1. The van der Waals surface area contributed by atoms with Crippen molar-refractivity contribution < 1.29 is 0 Å². The Hall–Kier alpha value is -2.37. The summed E-state index contributed by atoms with van der Waals surface area (Å²) in [5.74, 6) is 1.80. The van der Waals surface area contributed by atoms with Crippen LogP contribution < -0.4 is 5.32 Å². The van der Waals surface area contributed by atoms with Crippen LogP contribution in [0.25, 0.3) is 5.82 Å². The van der Waals surface area contributed by atoms with Crippen molar-refractivity contribution in [3.8, 4) is 5.82 Å². The number of aliphatic imine (C=N–C) groups is 1. The zero-order valence-electron chi connectivity index (χ0n) is 12.7. The average molecular weight is 284 g/mol. The van der Waals surface area contributed by atoms with Gasteiger partial charge in [0.15, 0.2) is 11.8 Å². The van der Waals surface area contributed by atoms with Gasteiger partial charge in [-0.2, -0.15) is 5.10 Å². The molecule has 0 saturated heterocycles. The van der Waals surface area contributed by atoms with E-state index in [4.69, 9.17) is 0 Å². The van der Waals surface area contributed by atoms with E-state index >= 15 is 0 Å². The van der Waals surface area contributed by atoms with Gasteiger partial charge >= 0.3 is 0 Å². The van der Waals surface area contributed by atoms with E-state index in [1.54, 1.807) is 0 Å². The van der Waals surface area contributed by atoms with Gasteiger partial charge in [0, 0.05) is 32.0 Å². The first-order valence-electron chi connectivity index (χ1n) is 7.11. The second kappa shape index (κ2) is 5.55. The molecule has 3 rings (SSSR count). The summed E-state index contributed by atoms with van der Waals surface area (Å²) in [7, 11) is 2.04. The van der Waals surface area contributed by atoms with Crippen LogP contribution in [0.4, 0.5) is 0 Å². The maximum Gasteiger partial charge on any atom is 0.194 e. The standard InChI is InChI=1S/C15H20N6/c1-11-8-12(2)21(19-11)14-5-4-13(9-17-14)10-18-15-16-6-7-20(15)3/h4-5,8-9H,6-7,10H2,1-3H3,(H,16,18). The SMILES string of the molecule is Cc1cc(C)n(-c2ccc(CNC3=NCCN3C)cn2)n1. The Morgan fingerprint density at radius 3 is 2.71 bits per heavy atom. The minimum absolute atomic E-state index is 0.730. The molecule has 0 fully saturated rings. The van der Waals surface area contributed by atoms with Crippen LogP contribution in [-0.4, -0.2) is 45.8 Å². The topological polar surface area (TPSA) is 58.3 Å². The van der Waals surface area contributed by atoms with Gasteiger partial charge in [0.05, 0.1) is 12.2 Å². The molecule has 1 N–H and O–H groups in total. The van der Waals surface area contributed by atoms with Crippen LogP contribution in [0.1, 0.15) is 17.0 Å². The Bertz CT molecular complexity index is 655. The molecule has 6 heteroatoms. The normalized spacial score (nSPS) is 14.4. The summed E-state index contributed by atoms with van der Waals surface area (Å²) in [6.45, 7) is 6.60. The molecule has 2 aromatic heterocycles. The molecular formula is C15H20N6. The van der Waals surface area contributed by atoms with E-state index in [0.29, 0.717) is 0 Å². The number of aromatic nitrogens is 3. The lowest BCUT2D eigenvalue weighted by atomic mass is 10.3. The number of aryl methyl sites for hydroxylation is 2. The molecule has 110 valence electrons. The molecule has 0 saturated carbocycles. The van der Waals surface area contributed by atoms with Crippen LogP contribution in [0.15, 0.2) is 29.4 Å². The second-order valence-electron chi connectivity index (χ2n) is 5.34. The highest BCUT2D eigenvalue weighted by atomic mass is 15.3. The molecule has 1 aliphatic heterocycles. The van der Waals surface area contributed by atoms with Gasteiger partial charge in [0.2, 0.25) is 0 Å². The molecule has 0 aliphatic carbocycles. The quantitative estimate of drug-likeness (QED) is 0.922. The lowest BCUT2D eigenvalue weighted by Crippen LogP contribution is -2.35. The van der Waals surface area contributed by atoms with E-state index in [-0.39, 0.29) is 0 Å². The third-order valence-electron chi connectivity index (χ3n) is 3.54. The first-order chi connectivity index (χ1) is 10.1. The molecule has 2 aromatic rings. The molecule has 1 aliphatic rings. The number of rotatable bonds is 3. The first-order valence-corrected chi connectivity index (χ1v) is 7.11. The lowest BCUT2D eigenvalue weighted by molar-refractivity contribution is 0.534. The smallest absolute Gasteiger partial charge is 0.194 e. The zero-order valence-corrected chi connectivity index (χ0v) is 12.7. The molecule has 0 spiro atoms.